The van der Waals surface area contributed by atoms with E-state index in [1.54, 1.807) is 16.7 Å². The van der Waals surface area contributed by atoms with Crippen molar-refractivity contribution < 1.29 is 4.79 Å². The number of carbonyl (C=O) groups is 1. The molecule has 0 bridgehead atoms. The Bertz CT molecular complexity index is 381. The van der Waals surface area contributed by atoms with Gasteiger partial charge >= 0.3 is 0 Å². The van der Waals surface area contributed by atoms with Gasteiger partial charge in [0.2, 0.25) is 0 Å². The van der Waals surface area contributed by atoms with Gasteiger partial charge in [-0.2, -0.15) is 11.8 Å². The van der Waals surface area contributed by atoms with Gasteiger partial charge < -0.3 is 4.90 Å². The summed E-state index contributed by atoms with van der Waals surface area (Å²) in [6, 6.07) is 5.76. The minimum atomic E-state index is 0.0737. The van der Waals surface area contributed by atoms with Gasteiger partial charge in [-0.05, 0) is 40.7 Å². The second-order valence-corrected chi connectivity index (χ2v) is 5.43. The zero-order valence-corrected chi connectivity index (χ0v) is 12.2. The van der Waals surface area contributed by atoms with E-state index in [-0.39, 0.29) is 5.91 Å². The highest BCUT2D eigenvalue weighted by atomic mass is 79.9. The fraction of sp³-hybridized carbons (Fsp3) is 0.417. The summed E-state index contributed by atoms with van der Waals surface area (Å²) in [5, 5.41) is 0. The fourth-order valence-corrected chi connectivity index (χ4v) is 2.24. The van der Waals surface area contributed by atoms with Crippen LogP contribution in [0.2, 0.25) is 0 Å². The summed E-state index contributed by atoms with van der Waals surface area (Å²) in [7, 11) is 1.84. The van der Waals surface area contributed by atoms with Crippen molar-refractivity contribution in [2.24, 2.45) is 0 Å². The lowest BCUT2D eigenvalue weighted by molar-refractivity contribution is 0.0803. The molecule has 0 spiro atoms. The molecule has 0 saturated heterocycles. The van der Waals surface area contributed by atoms with Crippen molar-refractivity contribution in [1.29, 1.82) is 0 Å². The van der Waals surface area contributed by atoms with E-state index in [1.807, 2.05) is 38.4 Å². The minimum Gasteiger partial charge on any atom is -0.341 e. The van der Waals surface area contributed by atoms with Crippen LogP contribution in [0.15, 0.2) is 22.7 Å². The number of halogens is 1. The third kappa shape index (κ3) is 3.25. The molecular weight excluding hydrogens is 286 g/mol. The molecule has 1 rings (SSSR count). The third-order valence-electron chi connectivity index (χ3n) is 2.40. The van der Waals surface area contributed by atoms with Gasteiger partial charge in [0.05, 0.1) is 5.56 Å². The predicted octanol–water partition coefficient (Wildman–Crippen LogP) is 3.19. The van der Waals surface area contributed by atoms with Gasteiger partial charge in [0, 0.05) is 23.8 Å². The second-order valence-electron chi connectivity index (χ2n) is 3.66. The normalized spacial score (nSPS) is 10.2. The Balaban J connectivity index is 2.84. The standard InChI is InChI=1S/C12H16BrNOS/c1-9-5-4-6-10(11(9)13)12(15)14(2)7-8-16-3/h4-6H,7-8H2,1-3H3. The maximum Gasteiger partial charge on any atom is 0.254 e. The van der Waals surface area contributed by atoms with Crippen LogP contribution in [0.1, 0.15) is 15.9 Å². The average molecular weight is 302 g/mol. The lowest BCUT2D eigenvalue weighted by Crippen LogP contribution is -2.29. The van der Waals surface area contributed by atoms with Gasteiger partial charge in [-0.3, -0.25) is 4.79 Å². The van der Waals surface area contributed by atoms with Crippen molar-refractivity contribution in [3.8, 4) is 0 Å². The van der Waals surface area contributed by atoms with Crippen LogP contribution in [-0.4, -0.2) is 36.4 Å². The molecule has 0 atom stereocenters. The van der Waals surface area contributed by atoms with Gasteiger partial charge in [-0.25, -0.2) is 0 Å². The van der Waals surface area contributed by atoms with Gasteiger partial charge in [0.25, 0.3) is 5.91 Å². The van der Waals surface area contributed by atoms with E-state index in [1.165, 1.54) is 0 Å². The van der Waals surface area contributed by atoms with Crippen LogP contribution in [0.4, 0.5) is 0 Å². The highest BCUT2D eigenvalue weighted by molar-refractivity contribution is 9.10. The largest absolute Gasteiger partial charge is 0.341 e. The molecule has 0 aliphatic heterocycles. The number of hydrogen-bond donors (Lipinski definition) is 0. The highest BCUT2D eigenvalue weighted by Crippen LogP contribution is 2.22. The number of aryl methyl sites for hydroxylation is 1. The molecule has 0 unspecified atom stereocenters. The molecule has 1 aromatic carbocycles. The van der Waals surface area contributed by atoms with Gasteiger partial charge in [0.1, 0.15) is 0 Å². The number of carbonyl (C=O) groups excluding carboxylic acids is 1. The van der Waals surface area contributed by atoms with Crippen LogP contribution < -0.4 is 0 Å². The molecule has 0 N–H and O–H groups in total. The molecule has 4 heteroatoms. The first-order valence-corrected chi connectivity index (χ1v) is 7.26. The maximum atomic E-state index is 12.1. The second kappa shape index (κ2) is 6.30. The fourth-order valence-electron chi connectivity index (χ4n) is 1.35. The van der Waals surface area contributed by atoms with Crippen molar-refractivity contribution in [3.63, 3.8) is 0 Å². The zero-order chi connectivity index (χ0) is 12.1. The molecule has 1 aromatic rings. The summed E-state index contributed by atoms with van der Waals surface area (Å²) < 4.78 is 0.899. The van der Waals surface area contributed by atoms with E-state index in [9.17, 15) is 4.79 Å². The first-order valence-electron chi connectivity index (χ1n) is 5.07. The molecule has 1 amide bonds. The quantitative estimate of drug-likeness (QED) is 0.851. The van der Waals surface area contributed by atoms with Crippen LogP contribution in [0.3, 0.4) is 0 Å². The van der Waals surface area contributed by atoms with Crippen molar-refractivity contribution in [2.75, 3.05) is 25.6 Å². The summed E-state index contributed by atoms with van der Waals surface area (Å²) in [5.41, 5.74) is 1.83. The Hall–Kier alpha value is -0.480. The van der Waals surface area contributed by atoms with Gasteiger partial charge in [-0.15, -0.1) is 0 Å². The minimum absolute atomic E-state index is 0.0737. The maximum absolute atomic E-state index is 12.1. The van der Waals surface area contributed by atoms with Crippen molar-refractivity contribution >= 4 is 33.6 Å². The summed E-state index contributed by atoms with van der Waals surface area (Å²) in [4.78, 5) is 13.9. The molecule has 0 fully saturated rings. The van der Waals surface area contributed by atoms with Crippen molar-refractivity contribution in [1.82, 2.24) is 4.90 Å². The van der Waals surface area contributed by atoms with Crippen LogP contribution in [-0.2, 0) is 0 Å². The average Bonchev–Trinajstić information content (AvgIpc) is 2.28. The number of benzene rings is 1. The van der Waals surface area contributed by atoms with Gasteiger partial charge in [-0.1, -0.05) is 12.1 Å². The van der Waals surface area contributed by atoms with Crippen LogP contribution in [0.25, 0.3) is 0 Å². The lowest BCUT2D eigenvalue weighted by atomic mass is 10.1. The summed E-state index contributed by atoms with van der Waals surface area (Å²) in [5.74, 6) is 1.04. The Morgan fingerprint density at radius 2 is 2.19 bits per heavy atom. The lowest BCUT2D eigenvalue weighted by Gasteiger charge is -2.17. The predicted molar refractivity (Wildman–Crippen MR) is 74.2 cm³/mol. The number of nitrogens with zero attached hydrogens (tertiary/aromatic N) is 1. The molecule has 16 heavy (non-hydrogen) atoms. The molecule has 88 valence electrons. The van der Waals surface area contributed by atoms with Crippen molar-refractivity contribution in [3.05, 3.63) is 33.8 Å². The molecule has 2 nitrogen and oxygen atoms in total. The monoisotopic (exact) mass is 301 g/mol. The van der Waals surface area contributed by atoms with Gasteiger partial charge in [0.15, 0.2) is 0 Å². The molecule has 0 aromatic heterocycles. The number of thioether (sulfide) groups is 1. The molecule has 0 radical (unpaired) electrons. The molecule has 0 heterocycles. The summed E-state index contributed by atoms with van der Waals surface area (Å²) >= 11 is 5.21. The summed E-state index contributed by atoms with van der Waals surface area (Å²) in [6.45, 7) is 2.77. The Morgan fingerprint density at radius 3 is 2.81 bits per heavy atom. The van der Waals surface area contributed by atoms with Crippen LogP contribution in [0, 0.1) is 6.92 Å². The van der Waals surface area contributed by atoms with E-state index in [2.05, 4.69) is 15.9 Å². The highest BCUT2D eigenvalue weighted by Gasteiger charge is 2.14. The number of amides is 1. The summed E-state index contributed by atoms with van der Waals surface area (Å²) in [6.07, 6.45) is 2.04. The Morgan fingerprint density at radius 1 is 1.50 bits per heavy atom. The SMILES string of the molecule is CSCCN(C)C(=O)c1cccc(C)c1Br. The molecule has 0 aliphatic rings. The van der Waals surface area contributed by atoms with E-state index in [4.69, 9.17) is 0 Å². The van der Waals surface area contributed by atoms with Crippen molar-refractivity contribution in [2.45, 2.75) is 6.92 Å². The van der Waals surface area contributed by atoms with E-state index in [0.29, 0.717) is 0 Å². The molecule has 0 saturated carbocycles. The van der Waals surface area contributed by atoms with E-state index >= 15 is 0 Å². The molecule has 0 aliphatic carbocycles. The topological polar surface area (TPSA) is 20.3 Å². The van der Waals surface area contributed by atoms with Crippen LogP contribution in [0.5, 0.6) is 0 Å². The van der Waals surface area contributed by atoms with E-state index < -0.39 is 0 Å². The number of hydrogen-bond acceptors (Lipinski definition) is 2. The Labute approximate surface area is 110 Å². The third-order valence-corrected chi connectivity index (χ3v) is 4.04. The van der Waals surface area contributed by atoms with E-state index in [0.717, 1.165) is 27.9 Å². The zero-order valence-electron chi connectivity index (χ0n) is 9.79. The Kier molecular flexibility index (Phi) is 5.35. The number of rotatable bonds is 4. The smallest absolute Gasteiger partial charge is 0.254 e. The molecular formula is C12H16BrNOS. The first kappa shape index (κ1) is 13.6. The first-order chi connectivity index (χ1) is 7.57. The van der Waals surface area contributed by atoms with Crippen LogP contribution >= 0.6 is 27.7 Å².